The third kappa shape index (κ3) is 6.23. The lowest BCUT2D eigenvalue weighted by atomic mass is 10.1. The van der Waals surface area contributed by atoms with Gasteiger partial charge in [0.05, 0.1) is 0 Å². The zero-order valence-electron chi connectivity index (χ0n) is 20.7. The second kappa shape index (κ2) is 11.7. The number of thioether (sulfide) groups is 1. The number of carbonyl (C=O) groups is 2. The number of hydrogen-bond donors (Lipinski definition) is 2. The highest BCUT2D eigenvalue weighted by atomic mass is 32.2. The fourth-order valence-corrected chi connectivity index (χ4v) is 4.98. The summed E-state index contributed by atoms with van der Waals surface area (Å²) >= 11 is 1.49. The van der Waals surface area contributed by atoms with Crippen molar-refractivity contribution < 1.29 is 9.59 Å². The highest BCUT2D eigenvalue weighted by molar-refractivity contribution is 8.00. The number of carbonyl (C=O) groups excluding carboxylic acids is 2. The molecule has 0 heterocycles. The van der Waals surface area contributed by atoms with Crippen LogP contribution in [0.1, 0.15) is 44.8 Å². The van der Waals surface area contributed by atoms with Crippen LogP contribution in [0.2, 0.25) is 0 Å². The summed E-state index contributed by atoms with van der Waals surface area (Å²) in [5.41, 5.74) is 6.42. The Labute approximate surface area is 217 Å². The number of anilines is 2. The van der Waals surface area contributed by atoms with Crippen molar-refractivity contribution in [2.75, 3.05) is 10.6 Å². The summed E-state index contributed by atoms with van der Waals surface area (Å²) in [4.78, 5) is 27.0. The number of rotatable bonds is 8. The van der Waals surface area contributed by atoms with Crippen LogP contribution in [0.25, 0.3) is 0 Å². The van der Waals surface area contributed by atoms with Gasteiger partial charge in [0.25, 0.3) is 5.91 Å². The van der Waals surface area contributed by atoms with Gasteiger partial charge in [-0.2, -0.15) is 0 Å². The normalized spacial score (nSPS) is 11.5. The first-order chi connectivity index (χ1) is 17.4. The van der Waals surface area contributed by atoms with Gasteiger partial charge in [-0.15, -0.1) is 11.8 Å². The molecule has 1 unspecified atom stereocenters. The molecular weight excluding hydrogens is 464 g/mol. The minimum absolute atomic E-state index is 0.0630. The Hall–Kier alpha value is -3.83. The van der Waals surface area contributed by atoms with E-state index in [-0.39, 0.29) is 11.8 Å². The van der Waals surface area contributed by atoms with Crippen LogP contribution in [0, 0.1) is 13.8 Å². The van der Waals surface area contributed by atoms with Gasteiger partial charge in [0.15, 0.2) is 0 Å². The Morgan fingerprint density at radius 1 is 0.778 bits per heavy atom. The number of nitrogens with one attached hydrogen (secondary N) is 2. The van der Waals surface area contributed by atoms with Gasteiger partial charge < -0.3 is 10.6 Å². The van der Waals surface area contributed by atoms with Gasteiger partial charge in [-0.3, -0.25) is 9.59 Å². The summed E-state index contributed by atoms with van der Waals surface area (Å²) in [5.74, 6) is -0.214. The Bertz CT molecular complexity index is 1330. The third-order valence-electron chi connectivity index (χ3n) is 6.01. The standard InChI is InChI=1S/C31H30N2O2S/c1-4-23-12-8-9-22(3)28(23)33-31(35)29(24-10-6-5-7-11-24)36-27-19-17-26(18-20-27)32-30(34)25-15-13-21(2)14-16-25/h5-20,29H,4H2,1-3H3,(H,32,34)(H,33,35). The van der Waals surface area contributed by atoms with Gasteiger partial charge in [-0.1, -0.05) is 73.2 Å². The van der Waals surface area contributed by atoms with E-state index in [9.17, 15) is 9.59 Å². The highest BCUT2D eigenvalue weighted by Gasteiger charge is 2.23. The molecule has 0 fully saturated rings. The van der Waals surface area contributed by atoms with Crippen molar-refractivity contribution in [3.05, 3.63) is 125 Å². The van der Waals surface area contributed by atoms with E-state index in [1.165, 1.54) is 11.8 Å². The van der Waals surface area contributed by atoms with Gasteiger partial charge in [-0.05, 0) is 73.4 Å². The smallest absolute Gasteiger partial charge is 0.255 e. The summed E-state index contributed by atoms with van der Waals surface area (Å²) in [5, 5.41) is 5.70. The molecule has 0 saturated carbocycles. The third-order valence-corrected chi connectivity index (χ3v) is 7.27. The van der Waals surface area contributed by atoms with Crippen LogP contribution >= 0.6 is 11.8 Å². The summed E-state index contributed by atoms with van der Waals surface area (Å²) in [7, 11) is 0. The first kappa shape index (κ1) is 25.3. The van der Waals surface area contributed by atoms with Gasteiger partial charge in [0.2, 0.25) is 5.91 Å². The fraction of sp³-hybridized carbons (Fsp3) is 0.161. The van der Waals surface area contributed by atoms with Gasteiger partial charge in [0.1, 0.15) is 5.25 Å². The molecule has 182 valence electrons. The molecule has 0 bridgehead atoms. The SMILES string of the molecule is CCc1cccc(C)c1NC(=O)C(Sc1ccc(NC(=O)c2ccc(C)cc2)cc1)c1ccccc1. The highest BCUT2D eigenvalue weighted by Crippen LogP contribution is 2.37. The molecule has 0 radical (unpaired) electrons. The van der Waals surface area contributed by atoms with Gasteiger partial charge in [-0.25, -0.2) is 0 Å². The number of hydrogen-bond acceptors (Lipinski definition) is 3. The van der Waals surface area contributed by atoms with Crippen molar-refractivity contribution >= 4 is 35.0 Å². The second-order valence-electron chi connectivity index (χ2n) is 8.70. The van der Waals surface area contributed by atoms with E-state index in [1.54, 1.807) is 0 Å². The molecule has 36 heavy (non-hydrogen) atoms. The summed E-state index contributed by atoms with van der Waals surface area (Å²) < 4.78 is 0. The molecule has 0 aliphatic carbocycles. The zero-order chi connectivity index (χ0) is 25.5. The summed E-state index contributed by atoms with van der Waals surface area (Å²) in [6.07, 6.45) is 0.843. The summed E-state index contributed by atoms with van der Waals surface area (Å²) in [6.45, 7) is 6.10. The zero-order valence-corrected chi connectivity index (χ0v) is 21.6. The van der Waals surface area contributed by atoms with E-state index in [2.05, 4.69) is 23.6 Å². The minimum Gasteiger partial charge on any atom is -0.324 e. The molecule has 2 amide bonds. The Balaban J connectivity index is 1.51. The monoisotopic (exact) mass is 494 g/mol. The topological polar surface area (TPSA) is 58.2 Å². The molecule has 4 nitrogen and oxygen atoms in total. The van der Waals surface area contributed by atoms with E-state index >= 15 is 0 Å². The number of amides is 2. The lowest BCUT2D eigenvalue weighted by Gasteiger charge is -2.20. The molecule has 0 aromatic heterocycles. The molecule has 2 N–H and O–H groups in total. The maximum atomic E-state index is 13.5. The van der Waals surface area contributed by atoms with E-state index < -0.39 is 5.25 Å². The number of aryl methyl sites for hydroxylation is 3. The van der Waals surface area contributed by atoms with Crippen molar-refractivity contribution in [3.8, 4) is 0 Å². The van der Waals surface area contributed by atoms with Crippen molar-refractivity contribution in [2.24, 2.45) is 0 Å². The molecule has 0 spiro atoms. The van der Waals surface area contributed by atoms with Gasteiger partial charge >= 0.3 is 0 Å². The van der Waals surface area contributed by atoms with Crippen molar-refractivity contribution in [1.82, 2.24) is 0 Å². The van der Waals surface area contributed by atoms with Crippen molar-refractivity contribution in [3.63, 3.8) is 0 Å². The molecule has 1 atom stereocenters. The van der Waals surface area contributed by atoms with Crippen LogP contribution in [0.15, 0.2) is 102 Å². The van der Waals surface area contributed by atoms with Crippen LogP contribution in [0.4, 0.5) is 11.4 Å². The van der Waals surface area contributed by atoms with Crippen LogP contribution in [0.5, 0.6) is 0 Å². The quantitative estimate of drug-likeness (QED) is 0.248. The average Bonchev–Trinajstić information content (AvgIpc) is 2.90. The Morgan fingerprint density at radius 2 is 1.47 bits per heavy atom. The van der Waals surface area contributed by atoms with Gasteiger partial charge in [0, 0.05) is 21.8 Å². The molecular formula is C31H30N2O2S. The fourth-order valence-electron chi connectivity index (χ4n) is 3.95. The molecule has 4 aromatic carbocycles. The van der Waals surface area contributed by atoms with Crippen LogP contribution < -0.4 is 10.6 Å². The summed E-state index contributed by atoms with van der Waals surface area (Å²) in [6, 6.07) is 31.0. The lowest BCUT2D eigenvalue weighted by Crippen LogP contribution is -2.20. The predicted octanol–water partition coefficient (Wildman–Crippen LogP) is 7.59. The first-order valence-electron chi connectivity index (χ1n) is 12.0. The van der Waals surface area contributed by atoms with E-state index in [4.69, 9.17) is 0 Å². The lowest BCUT2D eigenvalue weighted by molar-refractivity contribution is -0.115. The van der Waals surface area contributed by atoms with Crippen molar-refractivity contribution in [2.45, 2.75) is 37.3 Å². The van der Waals surface area contributed by atoms with Crippen LogP contribution in [-0.4, -0.2) is 11.8 Å². The van der Waals surface area contributed by atoms with Crippen LogP contribution in [-0.2, 0) is 11.2 Å². The average molecular weight is 495 g/mol. The Morgan fingerprint density at radius 3 is 2.14 bits per heavy atom. The number of benzene rings is 4. The largest absolute Gasteiger partial charge is 0.324 e. The Kier molecular flexibility index (Phi) is 8.24. The number of para-hydroxylation sites is 1. The van der Waals surface area contributed by atoms with E-state index in [0.29, 0.717) is 11.3 Å². The maximum absolute atomic E-state index is 13.5. The predicted molar refractivity (Wildman–Crippen MR) is 150 cm³/mol. The maximum Gasteiger partial charge on any atom is 0.255 e. The van der Waals surface area contributed by atoms with E-state index in [1.807, 2.05) is 105 Å². The first-order valence-corrected chi connectivity index (χ1v) is 12.9. The molecule has 0 aliphatic rings. The van der Waals surface area contributed by atoms with Crippen LogP contribution in [0.3, 0.4) is 0 Å². The molecule has 0 saturated heterocycles. The molecule has 4 rings (SSSR count). The van der Waals surface area contributed by atoms with Crippen molar-refractivity contribution in [1.29, 1.82) is 0 Å². The minimum atomic E-state index is -0.427. The van der Waals surface area contributed by atoms with E-state index in [0.717, 1.165) is 39.3 Å². The molecule has 4 aromatic rings. The second-order valence-corrected chi connectivity index (χ2v) is 9.88. The molecule has 5 heteroatoms. The molecule has 0 aliphatic heterocycles.